The van der Waals surface area contributed by atoms with Crippen molar-refractivity contribution in [3.05, 3.63) is 53.6 Å². The van der Waals surface area contributed by atoms with E-state index < -0.39 is 0 Å². The van der Waals surface area contributed by atoms with Crippen LogP contribution in [0.3, 0.4) is 0 Å². The van der Waals surface area contributed by atoms with Gasteiger partial charge in [0.25, 0.3) is 0 Å². The van der Waals surface area contributed by atoms with Crippen LogP contribution < -0.4 is 9.47 Å². The van der Waals surface area contributed by atoms with Crippen molar-refractivity contribution in [1.82, 2.24) is 19.7 Å². The van der Waals surface area contributed by atoms with Crippen LogP contribution in [-0.4, -0.2) is 58.6 Å². The normalized spacial score (nSPS) is 10.7. The fourth-order valence-electron chi connectivity index (χ4n) is 2.83. The van der Waals surface area contributed by atoms with Crippen molar-refractivity contribution >= 4 is 29.3 Å². The van der Waals surface area contributed by atoms with Gasteiger partial charge in [0.05, 0.1) is 19.4 Å². The van der Waals surface area contributed by atoms with Crippen molar-refractivity contribution in [2.75, 3.05) is 33.1 Å². The molecule has 9 heteroatoms. The number of carbonyl (C=O) groups excluding carboxylic acids is 1. The van der Waals surface area contributed by atoms with Gasteiger partial charge in [-0.05, 0) is 55.5 Å². The van der Waals surface area contributed by atoms with E-state index in [0.29, 0.717) is 29.9 Å². The molecular formula is C22H25ClN4O3S. The van der Waals surface area contributed by atoms with Crippen LogP contribution in [0.5, 0.6) is 11.5 Å². The average Bonchev–Trinajstić information content (AvgIpc) is 3.21. The van der Waals surface area contributed by atoms with Gasteiger partial charge in [-0.3, -0.25) is 4.79 Å². The summed E-state index contributed by atoms with van der Waals surface area (Å²) in [6.07, 6.45) is 0. The van der Waals surface area contributed by atoms with Crippen molar-refractivity contribution in [3.8, 4) is 22.9 Å². The molecule has 1 aromatic heterocycles. The molecule has 0 fully saturated rings. The number of halogens is 1. The molecule has 0 radical (unpaired) electrons. The molecule has 164 valence electrons. The third-order valence-electron chi connectivity index (χ3n) is 4.64. The third-order valence-corrected chi connectivity index (χ3v) is 5.84. The second-order valence-corrected chi connectivity index (χ2v) is 8.06. The number of hydrogen-bond acceptors (Lipinski definition) is 6. The third kappa shape index (κ3) is 6.15. The number of ether oxygens (including phenoxy) is 2. The van der Waals surface area contributed by atoms with E-state index in [0.717, 1.165) is 22.9 Å². The minimum absolute atomic E-state index is 0.00126. The Morgan fingerprint density at radius 3 is 2.42 bits per heavy atom. The van der Waals surface area contributed by atoms with Crippen molar-refractivity contribution in [1.29, 1.82) is 0 Å². The van der Waals surface area contributed by atoms with E-state index >= 15 is 0 Å². The van der Waals surface area contributed by atoms with E-state index in [1.807, 2.05) is 35.8 Å². The Labute approximate surface area is 191 Å². The van der Waals surface area contributed by atoms with Crippen LogP contribution >= 0.6 is 23.4 Å². The first-order chi connectivity index (χ1) is 15.0. The number of aromatic nitrogens is 3. The van der Waals surface area contributed by atoms with Crippen molar-refractivity contribution in [2.24, 2.45) is 0 Å². The Morgan fingerprint density at radius 2 is 1.77 bits per heavy atom. The van der Waals surface area contributed by atoms with E-state index in [2.05, 4.69) is 10.2 Å². The SMILES string of the molecule is CCn1c(SCC(=O)N(C)CCOc2ccc(Cl)cc2)nnc1-c1ccc(OC)cc1. The smallest absolute Gasteiger partial charge is 0.232 e. The molecule has 0 aliphatic heterocycles. The molecule has 0 saturated carbocycles. The van der Waals surface area contributed by atoms with Crippen LogP contribution in [0, 0.1) is 0 Å². The molecule has 0 unspecified atom stereocenters. The zero-order chi connectivity index (χ0) is 22.2. The number of methoxy groups -OCH3 is 1. The van der Waals surface area contributed by atoms with Crippen LogP contribution in [0.25, 0.3) is 11.4 Å². The maximum atomic E-state index is 12.5. The predicted octanol–water partition coefficient (Wildman–Crippen LogP) is 4.26. The number of hydrogen-bond donors (Lipinski definition) is 0. The van der Waals surface area contributed by atoms with Gasteiger partial charge in [-0.2, -0.15) is 0 Å². The monoisotopic (exact) mass is 460 g/mol. The molecule has 0 atom stereocenters. The van der Waals surface area contributed by atoms with E-state index in [4.69, 9.17) is 21.1 Å². The molecule has 0 aliphatic rings. The number of carbonyl (C=O) groups is 1. The largest absolute Gasteiger partial charge is 0.497 e. The van der Waals surface area contributed by atoms with Crippen LogP contribution in [-0.2, 0) is 11.3 Å². The molecule has 7 nitrogen and oxygen atoms in total. The Hall–Kier alpha value is -2.71. The molecule has 2 aromatic carbocycles. The topological polar surface area (TPSA) is 69.5 Å². The van der Waals surface area contributed by atoms with Crippen LogP contribution in [0.2, 0.25) is 5.02 Å². The van der Waals surface area contributed by atoms with Crippen molar-refractivity contribution in [3.63, 3.8) is 0 Å². The van der Waals surface area contributed by atoms with E-state index in [1.54, 1.807) is 43.3 Å². The average molecular weight is 461 g/mol. The van der Waals surface area contributed by atoms with Gasteiger partial charge < -0.3 is 18.9 Å². The van der Waals surface area contributed by atoms with Gasteiger partial charge in [0.1, 0.15) is 18.1 Å². The molecule has 0 saturated heterocycles. The minimum atomic E-state index is 0.00126. The lowest BCUT2D eigenvalue weighted by molar-refractivity contribution is -0.127. The summed E-state index contributed by atoms with van der Waals surface area (Å²) < 4.78 is 12.9. The summed E-state index contributed by atoms with van der Waals surface area (Å²) in [5.41, 5.74) is 0.949. The van der Waals surface area contributed by atoms with Crippen molar-refractivity contribution in [2.45, 2.75) is 18.6 Å². The lowest BCUT2D eigenvalue weighted by Crippen LogP contribution is -2.32. The van der Waals surface area contributed by atoms with E-state index in [1.165, 1.54) is 11.8 Å². The first kappa shape index (κ1) is 23.0. The number of amides is 1. The molecule has 1 amide bonds. The summed E-state index contributed by atoms with van der Waals surface area (Å²) in [5, 5.41) is 9.98. The second kappa shape index (κ2) is 11.1. The number of rotatable bonds is 10. The Bertz CT molecular complexity index is 993. The van der Waals surface area contributed by atoms with Gasteiger partial charge in [0.15, 0.2) is 11.0 Å². The molecule has 0 aliphatic carbocycles. The highest BCUT2D eigenvalue weighted by atomic mass is 35.5. The first-order valence-corrected chi connectivity index (χ1v) is 11.2. The standard InChI is InChI=1S/C22H25ClN4O3S/c1-4-27-21(16-5-9-18(29-3)10-6-16)24-25-22(27)31-15-20(28)26(2)13-14-30-19-11-7-17(23)8-12-19/h5-12H,4,13-15H2,1-3H3. The lowest BCUT2D eigenvalue weighted by atomic mass is 10.2. The zero-order valence-corrected chi connectivity index (χ0v) is 19.3. The maximum absolute atomic E-state index is 12.5. The number of thioether (sulfide) groups is 1. The summed E-state index contributed by atoms with van der Waals surface area (Å²) in [6, 6.07) is 14.8. The summed E-state index contributed by atoms with van der Waals surface area (Å²) in [7, 11) is 3.40. The molecule has 1 heterocycles. The molecule has 3 aromatic rings. The Kier molecular flexibility index (Phi) is 8.20. The Balaban J connectivity index is 1.53. The molecular weight excluding hydrogens is 436 g/mol. The van der Waals surface area contributed by atoms with E-state index in [-0.39, 0.29) is 11.7 Å². The summed E-state index contributed by atoms with van der Waals surface area (Å²) >= 11 is 7.25. The molecule has 0 N–H and O–H groups in total. The van der Waals surface area contributed by atoms with Gasteiger partial charge >= 0.3 is 0 Å². The van der Waals surface area contributed by atoms with Gasteiger partial charge in [0.2, 0.25) is 5.91 Å². The van der Waals surface area contributed by atoms with Crippen LogP contribution in [0.4, 0.5) is 0 Å². The van der Waals surface area contributed by atoms with Gasteiger partial charge in [-0.15, -0.1) is 10.2 Å². The number of benzene rings is 2. The van der Waals surface area contributed by atoms with Crippen LogP contribution in [0.15, 0.2) is 53.7 Å². The first-order valence-electron chi connectivity index (χ1n) is 9.84. The van der Waals surface area contributed by atoms with Gasteiger partial charge in [-0.25, -0.2) is 0 Å². The summed E-state index contributed by atoms with van der Waals surface area (Å²) in [4.78, 5) is 14.2. The van der Waals surface area contributed by atoms with Crippen LogP contribution in [0.1, 0.15) is 6.92 Å². The quantitative estimate of drug-likeness (QED) is 0.421. The van der Waals surface area contributed by atoms with E-state index in [9.17, 15) is 4.79 Å². The molecule has 0 bridgehead atoms. The molecule has 3 rings (SSSR count). The highest BCUT2D eigenvalue weighted by Gasteiger charge is 2.16. The highest BCUT2D eigenvalue weighted by molar-refractivity contribution is 7.99. The summed E-state index contributed by atoms with van der Waals surface area (Å²) in [5.74, 6) is 2.56. The molecule has 0 spiro atoms. The number of likely N-dealkylation sites (N-methyl/N-ethyl adjacent to an activating group) is 1. The van der Waals surface area contributed by atoms with Crippen molar-refractivity contribution < 1.29 is 14.3 Å². The Morgan fingerprint density at radius 1 is 1.10 bits per heavy atom. The highest BCUT2D eigenvalue weighted by Crippen LogP contribution is 2.25. The minimum Gasteiger partial charge on any atom is -0.497 e. The van der Waals surface area contributed by atoms with Gasteiger partial charge in [0, 0.05) is 24.2 Å². The predicted molar refractivity (Wildman–Crippen MR) is 123 cm³/mol. The van der Waals surface area contributed by atoms with Gasteiger partial charge in [-0.1, -0.05) is 23.4 Å². The number of nitrogens with zero attached hydrogens (tertiary/aromatic N) is 4. The fraction of sp³-hybridized carbons (Fsp3) is 0.318. The summed E-state index contributed by atoms with van der Waals surface area (Å²) in [6.45, 7) is 3.62. The zero-order valence-electron chi connectivity index (χ0n) is 17.7. The maximum Gasteiger partial charge on any atom is 0.232 e. The second-order valence-electron chi connectivity index (χ2n) is 6.69. The lowest BCUT2D eigenvalue weighted by Gasteiger charge is -2.17. The molecule has 31 heavy (non-hydrogen) atoms. The fourth-order valence-corrected chi connectivity index (χ4v) is 3.90.